The van der Waals surface area contributed by atoms with Gasteiger partial charge < -0.3 is 19.5 Å². The van der Waals surface area contributed by atoms with E-state index in [4.69, 9.17) is 14.2 Å². The summed E-state index contributed by atoms with van der Waals surface area (Å²) in [6.45, 7) is 3.89. The van der Waals surface area contributed by atoms with Crippen molar-refractivity contribution in [2.24, 2.45) is 0 Å². The van der Waals surface area contributed by atoms with E-state index in [9.17, 15) is 4.79 Å². The van der Waals surface area contributed by atoms with Gasteiger partial charge >= 0.3 is 0 Å². The molecule has 1 amide bonds. The molecular weight excluding hydrogens is 426 g/mol. The first-order valence-corrected chi connectivity index (χ1v) is 10.6. The van der Waals surface area contributed by atoms with Crippen LogP contribution in [0.1, 0.15) is 17.0 Å². The Hall–Kier alpha value is -3.52. The first-order chi connectivity index (χ1) is 15.4. The summed E-state index contributed by atoms with van der Waals surface area (Å²) in [6.07, 6.45) is 3.10. The summed E-state index contributed by atoms with van der Waals surface area (Å²) in [5.41, 5.74) is 3.24. The fourth-order valence-electron chi connectivity index (χ4n) is 2.98. The smallest absolute Gasteiger partial charge is 0.248 e. The lowest BCUT2D eigenvalue weighted by Crippen LogP contribution is -2.07. The zero-order chi connectivity index (χ0) is 23.1. The first kappa shape index (κ1) is 23.1. The molecule has 0 radical (unpaired) electrons. The Balaban J connectivity index is 1.66. The predicted molar refractivity (Wildman–Crippen MR) is 126 cm³/mol. The van der Waals surface area contributed by atoms with Gasteiger partial charge in [-0.1, -0.05) is 0 Å². The highest BCUT2D eigenvalue weighted by Crippen LogP contribution is 2.35. The number of aromatic nitrogens is 2. The van der Waals surface area contributed by atoms with E-state index in [2.05, 4.69) is 15.3 Å². The molecule has 166 valence electrons. The van der Waals surface area contributed by atoms with Crippen molar-refractivity contribution in [3.05, 3.63) is 65.5 Å². The molecule has 0 atom stereocenters. The van der Waals surface area contributed by atoms with Crippen LogP contribution in [0.4, 0.5) is 5.69 Å². The highest BCUT2D eigenvalue weighted by molar-refractivity contribution is 7.99. The van der Waals surface area contributed by atoms with Gasteiger partial charge in [0.05, 0.1) is 21.3 Å². The molecule has 0 saturated heterocycles. The van der Waals surface area contributed by atoms with Crippen molar-refractivity contribution in [1.29, 1.82) is 0 Å². The fourth-order valence-corrected chi connectivity index (χ4v) is 3.85. The monoisotopic (exact) mass is 451 g/mol. The highest BCUT2D eigenvalue weighted by atomic mass is 32.2. The molecule has 7 nitrogen and oxygen atoms in total. The Morgan fingerprint density at radius 2 is 1.47 bits per heavy atom. The van der Waals surface area contributed by atoms with E-state index in [0.29, 0.717) is 33.7 Å². The van der Waals surface area contributed by atoms with Gasteiger partial charge in [0.2, 0.25) is 5.91 Å². The van der Waals surface area contributed by atoms with Gasteiger partial charge in [-0.05, 0) is 68.1 Å². The quantitative estimate of drug-likeness (QED) is 0.384. The number of ether oxygens (including phenoxy) is 3. The van der Waals surface area contributed by atoms with E-state index in [0.717, 1.165) is 16.3 Å². The van der Waals surface area contributed by atoms with Crippen molar-refractivity contribution in [3.63, 3.8) is 0 Å². The van der Waals surface area contributed by atoms with E-state index < -0.39 is 0 Å². The second kappa shape index (κ2) is 10.7. The maximum absolute atomic E-state index is 12.4. The van der Waals surface area contributed by atoms with E-state index >= 15 is 0 Å². The van der Waals surface area contributed by atoms with Crippen LogP contribution in [0.15, 0.2) is 58.6 Å². The number of nitrogens with zero attached hydrogens (tertiary/aromatic N) is 2. The Labute approximate surface area is 191 Å². The minimum absolute atomic E-state index is 0.264. The highest BCUT2D eigenvalue weighted by Gasteiger charge is 2.10. The lowest BCUT2D eigenvalue weighted by atomic mass is 10.1. The summed E-state index contributed by atoms with van der Waals surface area (Å²) in [5, 5.41) is 3.55. The number of carbonyl (C=O) groups is 1. The Bertz CT molecular complexity index is 1110. The van der Waals surface area contributed by atoms with E-state index in [1.165, 1.54) is 17.8 Å². The van der Waals surface area contributed by atoms with Crippen LogP contribution < -0.4 is 19.5 Å². The largest absolute Gasteiger partial charge is 0.496 e. The zero-order valence-corrected chi connectivity index (χ0v) is 19.4. The number of nitrogens with one attached hydrogen (secondary N) is 1. The number of benzene rings is 2. The summed E-state index contributed by atoms with van der Waals surface area (Å²) < 4.78 is 16.0. The Kier molecular flexibility index (Phi) is 7.72. The third-order valence-corrected chi connectivity index (χ3v) is 5.32. The number of methoxy groups -OCH3 is 3. The maximum atomic E-state index is 12.4. The van der Waals surface area contributed by atoms with Crippen molar-refractivity contribution in [2.75, 3.05) is 26.6 Å². The topological polar surface area (TPSA) is 82.6 Å². The summed E-state index contributed by atoms with van der Waals surface area (Å²) >= 11 is 1.48. The molecule has 0 aliphatic rings. The normalized spacial score (nSPS) is 10.8. The van der Waals surface area contributed by atoms with Gasteiger partial charge in [0, 0.05) is 39.7 Å². The zero-order valence-electron chi connectivity index (χ0n) is 18.6. The van der Waals surface area contributed by atoms with Gasteiger partial charge in [0.25, 0.3) is 0 Å². The summed E-state index contributed by atoms with van der Waals surface area (Å²) in [7, 11) is 4.67. The Morgan fingerprint density at radius 3 is 2.06 bits per heavy atom. The van der Waals surface area contributed by atoms with Crippen LogP contribution in [0.2, 0.25) is 0 Å². The summed E-state index contributed by atoms with van der Waals surface area (Å²) in [6, 6.07) is 12.9. The number of aryl methyl sites for hydroxylation is 2. The number of carbonyl (C=O) groups excluding carboxylic acids is 1. The van der Waals surface area contributed by atoms with Gasteiger partial charge in [-0.15, -0.1) is 0 Å². The molecule has 8 heteroatoms. The van der Waals surface area contributed by atoms with E-state index in [1.54, 1.807) is 39.5 Å². The minimum atomic E-state index is -0.264. The van der Waals surface area contributed by atoms with Crippen LogP contribution in [-0.2, 0) is 4.79 Å². The third kappa shape index (κ3) is 6.01. The molecule has 0 fully saturated rings. The van der Waals surface area contributed by atoms with Gasteiger partial charge in [0.1, 0.15) is 5.75 Å². The Morgan fingerprint density at radius 1 is 0.875 bits per heavy atom. The molecule has 2 aromatic carbocycles. The number of rotatable bonds is 8. The van der Waals surface area contributed by atoms with Crippen LogP contribution in [0.3, 0.4) is 0 Å². The van der Waals surface area contributed by atoms with Crippen molar-refractivity contribution in [3.8, 4) is 17.2 Å². The summed E-state index contributed by atoms with van der Waals surface area (Å²) in [5.74, 6) is 1.41. The molecule has 3 rings (SSSR count). The van der Waals surface area contributed by atoms with Gasteiger partial charge in [-0.2, -0.15) is 0 Å². The van der Waals surface area contributed by atoms with E-state index in [1.807, 2.05) is 44.2 Å². The maximum Gasteiger partial charge on any atom is 0.248 e. The molecular formula is C24H25N3O4S. The van der Waals surface area contributed by atoms with Crippen LogP contribution in [0.25, 0.3) is 6.08 Å². The first-order valence-electron chi connectivity index (χ1n) is 9.81. The average molecular weight is 452 g/mol. The van der Waals surface area contributed by atoms with Crippen LogP contribution in [0, 0.1) is 13.8 Å². The van der Waals surface area contributed by atoms with Crippen molar-refractivity contribution in [1.82, 2.24) is 9.97 Å². The van der Waals surface area contributed by atoms with Gasteiger partial charge in [-0.3, -0.25) is 4.79 Å². The van der Waals surface area contributed by atoms with Gasteiger partial charge in [-0.25, -0.2) is 9.97 Å². The average Bonchev–Trinajstić information content (AvgIpc) is 2.77. The third-order valence-electron chi connectivity index (χ3n) is 4.44. The second-order valence-electron chi connectivity index (χ2n) is 6.83. The molecule has 32 heavy (non-hydrogen) atoms. The molecule has 0 spiro atoms. The molecule has 0 aliphatic carbocycles. The minimum Gasteiger partial charge on any atom is -0.496 e. The number of hydrogen-bond acceptors (Lipinski definition) is 7. The van der Waals surface area contributed by atoms with Crippen LogP contribution >= 0.6 is 11.8 Å². The van der Waals surface area contributed by atoms with Crippen molar-refractivity contribution >= 4 is 29.4 Å². The SMILES string of the molecule is COc1cc(OC)c(OC)cc1/C=C/C(=O)Nc1ccc(Sc2nc(C)cc(C)n2)cc1. The van der Waals surface area contributed by atoms with Crippen LogP contribution in [0.5, 0.6) is 17.2 Å². The molecule has 1 heterocycles. The molecule has 1 N–H and O–H groups in total. The number of hydrogen-bond donors (Lipinski definition) is 1. The molecule has 0 bridgehead atoms. The predicted octanol–water partition coefficient (Wildman–Crippen LogP) is 4.92. The molecule has 0 unspecified atom stereocenters. The lowest BCUT2D eigenvalue weighted by Gasteiger charge is -2.12. The fraction of sp³-hybridized carbons (Fsp3) is 0.208. The molecule has 0 aliphatic heterocycles. The standard InChI is InChI=1S/C24H25N3O4S/c1-15-12-16(2)26-24(25-15)32-19-9-7-18(8-10-19)27-23(28)11-6-17-13-21(30-4)22(31-5)14-20(17)29-3/h6-14H,1-5H3,(H,27,28)/b11-6+. The summed E-state index contributed by atoms with van der Waals surface area (Å²) in [4.78, 5) is 22.3. The van der Waals surface area contributed by atoms with E-state index in [-0.39, 0.29) is 5.91 Å². The second-order valence-corrected chi connectivity index (χ2v) is 7.87. The van der Waals surface area contributed by atoms with Crippen LogP contribution in [-0.4, -0.2) is 37.2 Å². The molecule has 1 aromatic heterocycles. The van der Waals surface area contributed by atoms with Crippen molar-refractivity contribution in [2.45, 2.75) is 23.9 Å². The molecule has 0 saturated carbocycles. The van der Waals surface area contributed by atoms with Gasteiger partial charge in [0.15, 0.2) is 16.7 Å². The molecule has 3 aromatic rings. The lowest BCUT2D eigenvalue weighted by molar-refractivity contribution is -0.111. The number of amides is 1. The number of anilines is 1. The van der Waals surface area contributed by atoms with Crippen molar-refractivity contribution < 1.29 is 19.0 Å².